The Bertz CT molecular complexity index is 487. The summed E-state index contributed by atoms with van der Waals surface area (Å²) in [5.41, 5.74) is 0.538. The number of nitrogens with zero attached hydrogens (tertiary/aromatic N) is 3. The summed E-state index contributed by atoms with van der Waals surface area (Å²) in [6, 6.07) is 2.85. The standard InChI is InChI=1S/C9H8ClN3O2/c1-5-11-4-13(12-5)6-2-7(10)9(15)8(14)3-6/h2-4,14-15H,1H3. The van der Waals surface area contributed by atoms with Gasteiger partial charge in [0.1, 0.15) is 12.2 Å². The number of benzene rings is 1. The van der Waals surface area contributed by atoms with Crippen molar-refractivity contribution in [1.82, 2.24) is 14.8 Å². The zero-order valence-electron chi connectivity index (χ0n) is 7.85. The van der Waals surface area contributed by atoms with E-state index in [9.17, 15) is 10.2 Å². The van der Waals surface area contributed by atoms with E-state index in [1.807, 2.05) is 0 Å². The quantitative estimate of drug-likeness (QED) is 0.724. The van der Waals surface area contributed by atoms with Gasteiger partial charge in [-0.15, -0.1) is 0 Å². The molecule has 0 unspecified atom stereocenters. The van der Waals surface area contributed by atoms with Crippen LogP contribution in [0.1, 0.15) is 5.82 Å². The van der Waals surface area contributed by atoms with Crippen molar-refractivity contribution in [3.63, 3.8) is 0 Å². The molecule has 15 heavy (non-hydrogen) atoms. The zero-order valence-corrected chi connectivity index (χ0v) is 8.60. The molecule has 2 rings (SSSR count). The molecule has 1 heterocycles. The Balaban J connectivity index is 2.55. The highest BCUT2D eigenvalue weighted by atomic mass is 35.5. The number of aromatic hydroxyl groups is 2. The van der Waals surface area contributed by atoms with Crippen molar-refractivity contribution in [1.29, 1.82) is 0 Å². The molecule has 1 aromatic heterocycles. The van der Waals surface area contributed by atoms with E-state index in [4.69, 9.17) is 11.6 Å². The van der Waals surface area contributed by atoms with Gasteiger partial charge >= 0.3 is 0 Å². The first-order chi connectivity index (χ1) is 7.08. The maximum Gasteiger partial charge on any atom is 0.176 e. The predicted octanol–water partition coefficient (Wildman–Crippen LogP) is 1.64. The first-order valence-electron chi connectivity index (χ1n) is 4.18. The first-order valence-corrected chi connectivity index (χ1v) is 4.56. The number of phenolic OH excluding ortho intramolecular Hbond substituents is 2. The molecule has 1 aromatic carbocycles. The van der Waals surface area contributed by atoms with Crippen molar-refractivity contribution in [3.8, 4) is 17.2 Å². The van der Waals surface area contributed by atoms with Crippen LogP contribution in [0.4, 0.5) is 0 Å². The topological polar surface area (TPSA) is 71.2 Å². The summed E-state index contributed by atoms with van der Waals surface area (Å²) in [6.45, 7) is 1.75. The average molecular weight is 226 g/mol. The molecule has 2 N–H and O–H groups in total. The Morgan fingerprint density at radius 3 is 2.60 bits per heavy atom. The van der Waals surface area contributed by atoms with Gasteiger partial charge in [0.15, 0.2) is 11.5 Å². The molecular weight excluding hydrogens is 218 g/mol. The summed E-state index contributed by atoms with van der Waals surface area (Å²) in [5.74, 6) is -0.0124. The highest BCUT2D eigenvalue weighted by Gasteiger charge is 2.09. The summed E-state index contributed by atoms with van der Waals surface area (Å²) >= 11 is 5.70. The molecule has 0 aliphatic rings. The van der Waals surface area contributed by atoms with Crippen molar-refractivity contribution >= 4 is 11.6 Å². The predicted molar refractivity (Wildman–Crippen MR) is 54.4 cm³/mol. The Morgan fingerprint density at radius 2 is 2.07 bits per heavy atom. The van der Waals surface area contributed by atoms with Crippen molar-refractivity contribution < 1.29 is 10.2 Å². The second kappa shape index (κ2) is 3.43. The number of halogens is 1. The SMILES string of the molecule is Cc1ncn(-c2cc(O)c(O)c(Cl)c2)n1. The van der Waals surface area contributed by atoms with Crippen LogP contribution in [0.3, 0.4) is 0 Å². The molecule has 78 valence electrons. The Morgan fingerprint density at radius 1 is 1.33 bits per heavy atom. The van der Waals surface area contributed by atoms with E-state index >= 15 is 0 Å². The van der Waals surface area contributed by atoms with Crippen LogP contribution in [-0.2, 0) is 0 Å². The molecular formula is C9H8ClN3O2. The number of rotatable bonds is 1. The van der Waals surface area contributed by atoms with Gasteiger partial charge in [-0.3, -0.25) is 0 Å². The molecule has 0 fully saturated rings. The van der Waals surface area contributed by atoms with E-state index in [0.717, 1.165) is 0 Å². The third kappa shape index (κ3) is 1.73. The molecule has 6 heteroatoms. The van der Waals surface area contributed by atoms with Crippen LogP contribution in [0.25, 0.3) is 5.69 Å². The molecule has 0 saturated heterocycles. The number of aryl methyl sites for hydroxylation is 1. The molecule has 5 nitrogen and oxygen atoms in total. The van der Waals surface area contributed by atoms with Gasteiger partial charge in [0.25, 0.3) is 0 Å². The van der Waals surface area contributed by atoms with Gasteiger partial charge in [0.2, 0.25) is 0 Å². The minimum Gasteiger partial charge on any atom is -0.504 e. The van der Waals surface area contributed by atoms with Crippen LogP contribution in [0, 0.1) is 6.92 Å². The summed E-state index contributed by atoms with van der Waals surface area (Å²) in [5, 5.41) is 22.7. The van der Waals surface area contributed by atoms with Crippen molar-refractivity contribution in [3.05, 3.63) is 29.3 Å². The van der Waals surface area contributed by atoms with Crippen LogP contribution < -0.4 is 0 Å². The van der Waals surface area contributed by atoms with Gasteiger partial charge in [0, 0.05) is 6.07 Å². The van der Waals surface area contributed by atoms with Crippen LogP contribution >= 0.6 is 11.6 Å². The van der Waals surface area contributed by atoms with E-state index in [1.54, 1.807) is 6.92 Å². The van der Waals surface area contributed by atoms with Crippen LogP contribution in [0.15, 0.2) is 18.5 Å². The lowest BCUT2D eigenvalue weighted by molar-refractivity contribution is 0.403. The first kappa shape index (κ1) is 9.79. The lowest BCUT2D eigenvalue weighted by atomic mass is 10.3. The summed E-state index contributed by atoms with van der Waals surface area (Å²) in [4.78, 5) is 3.94. The minimum absolute atomic E-state index is 0.0677. The van der Waals surface area contributed by atoms with Gasteiger partial charge in [0.05, 0.1) is 10.7 Å². The van der Waals surface area contributed by atoms with E-state index in [-0.39, 0.29) is 16.5 Å². The average Bonchev–Trinajstić information content (AvgIpc) is 2.60. The summed E-state index contributed by atoms with van der Waals surface area (Å²) in [6.07, 6.45) is 1.50. The van der Waals surface area contributed by atoms with Crippen LogP contribution in [0.5, 0.6) is 11.5 Å². The van der Waals surface area contributed by atoms with Crippen LogP contribution in [0.2, 0.25) is 5.02 Å². The zero-order chi connectivity index (χ0) is 11.0. The molecule has 0 spiro atoms. The number of aromatic nitrogens is 3. The summed E-state index contributed by atoms with van der Waals surface area (Å²) in [7, 11) is 0. The third-order valence-corrected chi connectivity index (χ3v) is 2.19. The minimum atomic E-state index is -0.336. The van der Waals surface area contributed by atoms with Gasteiger partial charge < -0.3 is 10.2 Å². The van der Waals surface area contributed by atoms with Crippen molar-refractivity contribution in [2.24, 2.45) is 0 Å². The Labute approximate surface area is 90.6 Å². The molecule has 0 saturated carbocycles. The second-order valence-corrected chi connectivity index (χ2v) is 3.44. The van der Waals surface area contributed by atoms with E-state index in [2.05, 4.69) is 10.1 Å². The van der Waals surface area contributed by atoms with Gasteiger partial charge in [-0.1, -0.05) is 11.6 Å². The number of hydrogen-bond donors (Lipinski definition) is 2. The van der Waals surface area contributed by atoms with E-state index in [1.165, 1.54) is 23.1 Å². The van der Waals surface area contributed by atoms with Gasteiger partial charge in [-0.2, -0.15) is 5.10 Å². The molecule has 0 aliphatic heterocycles. The normalized spacial score (nSPS) is 10.5. The number of phenols is 2. The van der Waals surface area contributed by atoms with Crippen molar-refractivity contribution in [2.75, 3.05) is 0 Å². The Kier molecular flexibility index (Phi) is 2.24. The molecule has 0 atom stereocenters. The molecule has 0 amide bonds. The second-order valence-electron chi connectivity index (χ2n) is 3.03. The van der Waals surface area contributed by atoms with Crippen LogP contribution in [-0.4, -0.2) is 25.0 Å². The molecule has 0 radical (unpaired) electrons. The van der Waals surface area contributed by atoms with Gasteiger partial charge in [-0.05, 0) is 13.0 Å². The summed E-state index contributed by atoms with van der Waals surface area (Å²) < 4.78 is 1.46. The van der Waals surface area contributed by atoms with E-state index < -0.39 is 0 Å². The highest BCUT2D eigenvalue weighted by Crippen LogP contribution is 2.34. The fourth-order valence-corrected chi connectivity index (χ4v) is 1.38. The maximum absolute atomic E-state index is 9.35. The van der Waals surface area contributed by atoms with Gasteiger partial charge in [-0.25, -0.2) is 9.67 Å². The fourth-order valence-electron chi connectivity index (χ4n) is 1.17. The molecule has 2 aromatic rings. The Hall–Kier alpha value is -1.75. The molecule has 0 aliphatic carbocycles. The lowest BCUT2D eigenvalue weighted by Crippen LogP contribution is -1.94. The fraction of sp³-hybridized carbons (Fsp3) is 0.111. The maximum atomic E-state index is 9.35. The largest absolute Gasteiger partial charge is 0.504 e. The smallest absolute Gasteiger partial charge is 0.176 e. The third-order valence-electron chi connectivity index (χ3n) is 1.90. The monoisotopic (exact) mass is 225 g/mol. The van der Waals surface area contributed by atoms with Crippen molar-refractivity contribution in [2.45, 2.75) is 6.92 Å². The highest BCUT2D eigenvalue weighted by molar-refractivity contribution is 6.32. The van der Waals surface area contributed by atoms with E-state index in [0.29, 0.717) is 11.5 Å². The lowest BCUT2D eigenvalue weighted by Gasteiger charge is -2.04. The number of hydrogen-bond acceptors (Lipinski definition) is 4. The molecule has 0 bridgehead atoms.